The maximum absolute atomic E-state index is 12.2. The highest BCUT2D eigenvalue weighted by Gasteiger charge is 2.17. The van der Waals surface area contributed by atoms with Gasteiger partial charge in [-0.25, -0.2) is 4.79 Å². The van der Waals surface area contributed by atoms with Gasteiger partial charge in [0.15, 0.2) is 0 Å². The number of nitrogens with zero attached hydrogens (tertiary/aromatic N) is 1. The van der Waals surface area contributed by atoms with E-state index < -0.39 is 5.60 Å². The molecule has 0 N–H and O–H groups in total. The van der Waals surface area contributed by atoms with Crippen LogP contribution < -0.4 is 5.56 Å². The van der Waals surface area contributed by atoms with Gasteiger partial charge in [-0.3, -0.25) is 9.36 Å². The molecule has 0 unspecified atom stereocenters. The largest absolute Gasteiger partial charge is 0.456 e. The van der Waals surface area contributed by atoms with Crippen LogP contribution in [0.15, 0.2) is 35.1 Å². The zero-order chi connectivity index (χ0) is 19.5. The lowest BCUT2D eigenvalue weighted by Crippen LogP contribution is -2.23. The number of benzene rings is 1. The van der Waals surface area contributed by atoms with E-state index in [4.69, 9.17) is 27.9 Å². The standard InChI is InChI=1S/C19H18BrCl2NO3/c1-19(2,3)26-18(25)13-6-4-12(5-7-13)8-9-23-16(11-20)14(21)10-15(22)17(23)24/h4-10H,11H2,1-3H3. The summed E-state index contributed by atoms with van der Waals surface area (Å²) in [5.74, 6) is -0.382. The van der Waals surface area contributed by atoms with Gasteiger partial charge in [0.05, 0.1) is 16.3 Å². The minimum Gasteiger partial charge on any atom is -0.456 e. The van der Waals surface area contributed by atoms with Crippen molar-refractivity contribution in [2.24, 2.45) is 0 Å². The molecule has 0 aliphatic heterocycles. The van der Waals surface area contributed by atoms with Crippen LogP contribution in [0.4, 0.5) is 0 Å². The SMILES string of the molecule is CC(C)(C)OC(=O)c1ccc(C=Cn2c(CBr)c(Cl)cc(Cl)c2=O)cc1. The molecule has 0 aliphatic carbocycles. The fourth-order valence-corrected chi connectivity index (χ4v) is 3.38. The summed E-state index contributed by atoms with van der Waals surface area (Å²) >= 11 is 15.4. The zero-order valence-corrected chi connectivity index (χ0v) is 17.7. The predicted octanol–water partition coefficient (Wildman–Crippen LogP) is 5.63. The van der Waals surface area contributed by atoms with Gasteiger partial charge in [0.1, 0.15) is 10.6 Å². The van der Waals surface area contributed by atoms with Gasteiger partial charge >= 0.3 is 5.97 Å². The van der Waals surface area contributed by atoms with Crippen LogP contribution in [0.1, 0.15) is 42.4 Å². The van der Waals surface area contributed by atoms with Gasteiger partial charge in [-0.05, 0) is 50.6 Å². The van der Waals surface area contributed by atoms with Crippen LogP contribution in [0.3, 0.4) is 0 Å². The third kappa shape index (κ3) is 5.22. The first-order valence-electron chi connectivity index (χ1n) is 7.79. The molecule has 2 rings (SSSR count). The van der Waals surface area contributed by atoms with E-state index in [9.17, 15) is 9.59 Å². The quantitative estimate of drug-likeness (QED) is 0.440. The van der Waals surface area contributed by atoms with Crippen molar-refractivity contribution in [1.82, 2.24) is 4.57 Å². The Morgan fingerprint density at radius 2 is 1.81 bits per heavy atom. The van der Waals surface area contributed by atoms with Gasteiger partial charge in [-0.1, -0.05) is 51.3 Å². The molecular weight excluding hydrogens is 441 g/mol. The highest BCUT2D eigenvalue weighted by Crippen LogP contribution is 2.21. The van der Waals surface area contributed by atoms with Crippen LogP contribution in [0, 0.1) is 0 Å². The number of pyridine rings is 1. The third-order valence-corrected chi connectivity index (χ3v) is 4.46. The molecule has 0 spiro atoms. The molecule has 26 heavy (non-hydrogen) atoms. The number of hydrogen-bond donors (Lipinski definition) is 0. The lowest BCUT2D eigenvalue weighted by molar-refractivity contribution is 0.00695. The van der Waals surface area contributed by atoms with Gasteiger partial charge in [-0.2, -0.15) is 0 Å². The molecular formula is C19H18BrCl2NO3. The third-order valence-electron chi connectivity index (χ3n) is 3.33. The van der Waals surface area contributed by atoms with Crippen LogP contribution in [-0.2, 0) is 10.1 Å². The summed E-state index contributed by atoms with van der Waals surface area (Å²) in [6.07, 6.45) is 3.33. The number of aromatic nitrogens is 1. The Bertz CT molecular complexity index is 897. The van der Waals surface area contributed by atoms with Gasteiger partial charge in [0.2, 0.25) is 0 Å². The molecule has 0 atom stereocenters. The number of esters is 1. The number of alkyl halides is 1. The Morgan fingerprint density at radius 1 is 1.19 bits per heavy atom. The van der Waals surface area contributed by atoms with Gasteiger partial charge in [0.25, 0.3) is 5.56 Å². The fourth-order valence-electron chi connectivity index (χ4n) is 2.12. The number of hydrogen-bond acceptors (Lipinski definition) is 3. The second-order valence-corrected chi connectivity index (χ2v) is 7.91. The summed E-state index contributed by atoms with van der Waals surface area (Å²) < 4.78 is 6.72. The van der Waals surface area contributed by atoms with Gasteiger partial charge in [0, 0.05) is 11.5 Å². The number of rotatable bonds is 4. The van der Waals surface area contributed by atoms with Crippen molar-refractivity contribution in [3.8, 4) is 0 Å². The second-order valence-electron chi connectivity index (χ2n) is 6.54. The first kappa shape index (κ1) is 20.7. The summed E-state index contributed by atoms with van der Waals surface area (Å²) in [7, 11) is 0. The minimum atomic E-state index is -0.547. The summed E-state index contributed by atoms with van der Waals surface area (Å²) in [5.41, 5.74) is 0.964. The van der Waals surface area contributed by atoms with Crippen molar-refractivity contribution in [3.05, 3.63) is 67.6 Å². The van der Waals surface area contributed by atoms with Crippen molar-refractivity contribution >= 4 is 57.4 Å². The van der Waals surface area contributed by atoms with E-state index in [1.807, 2.05) is 20.8 Å². The van der Waals surface area contributed by atoms with E-state index in [1.54, 1.807) is 36.5 Å². The topological polar surface area (TPSA) is 48.3 Å². The van der Waals surface area contributed by atoms with Crippen LogP contribution in [0.2, 0.25) is 10.0 Å². The fraction of sp³-hybridized carbons (Fsp3) is 0.263. The van der Waals surface area contributed by atoms with Crippen molar-refractivity contribution < 1.29 is 9.53 Å². The molecule has 4 nitrogen and oxygen atoms in total. The van der Waals surface area contributed by atoms with Crippen molar-refractivity contribution in [3.63, 3.8) is 0 Å². The summed E-state index contributed by atoms with van der Waals surface area (Å²) in [6.45, 7) is 5.45. The predicted molar refractivity (Wildman–Crippen MR) is 110 cm³/mol. The molecule has 0 bridgehead atoms. The Morgan fingerprint density at radius 3 is 2.35 bits per heavy atom. The highest BCUT2D eigenvalue weighted by molar-refractivity contribution is 9.08. The van der Waals surface area contributed by atoms with E-state index >= 15 is 0 Å². The van der Waals surface area contributed by atoms with Gasteiger partial charge < -0.3 is 4.74 Å². The average Bonchev–Trinajstić information content (AvgIpc) is 2.55. The molecule has 0 saturated carbocycles. The summed E-state index contributed by atoms with van der Waals surface area (Å²) in [5, 5.41) is 0.848. The lowest BCUT2D eigenvalue weighted by atomic mass is 10.1. The van der Waals surface area contributed by atoms with Crippen LogP contribution >= 0.6 is 39.1 Å². The lowest BCUT2D eigenvalue weighted by Gasteiger charge is -2.19. The molecule has 7 heteroatoms. The Balaban J connectivity index is 2.28. The normalized spacial score (nSPS) is 11.8. The molecule has 1 aromatic carbocycles. The summed E-state index contributed by atoms with van der Waals surface area (Å²) in [4.78, 5) is 24.3. The number of carbonyl (C=O) groups excluding carboxylic acids is 1. The second kappa shape index (κ2) is 8.42. The maximum Gasteiger partial charge on any atom is 0.338 e. The monoisotopic (exact) mass is 457 g/mol. The Hall–Kier alpha value is -1.56. The molecule has 1 aromatic heterocycles. The Labute approximate surface area is 170 Å². The zero-order valence-electron chi connectivity index (χ0n) is 14.6. The van der Waals surface area contributed by atoms with Crippen LogP contribution in [0.25, 0.3) is 12.3 Å². The Kier molecular flexibility index (Phi) is 6.72. The molecule has 2 aromatic rings. The molecule has 0 radical (unpaired) electrons. The van der Waals surface area contributed by atoms with E-state index in [2.05, 4.69) is 15.9 Å². The van der Waals surface area contributed by atoms with Crippen molar-refractivity contribution in [2.75, 3.05) is 0 Å². The van der Waals surface area contributed by atoms with Gasteiger partial charge in [-0.15, -0.1) is 0 Å². The summed E-state index contributed by atoms with van der Waals surface area (Å²) in [6, 6.07) is 8.31. The van der Waals surface area contributed by atoms with E-state index in [0.717, 1.165) is 5.56 Å². The van der Waals surface area contributed by atoms with Crippen molar-refractivity contribution in [2.45, 2.75) is 31.7 Å². The number of halogens is 3. The highest BCUT2D eigenvalue weighted by atomic mass is 79.9. The van der Waals surface area contributed by atoms with Crippen LogP contribution in [0.5, 0.6) is 0 Å². The molecule has 138 valence electrons. The smallest absolute Gasteiger partial charge is 0.338 e. The first-order valence-corrected chi connectivity index (χ1v) is 9.67. The van der Waals surface area contributed by atoms with E-state index in [-0.39, 0.29) is 16.6 Å². The minimum absolute atomic E-state index is 0.0459. The van der Waals surface area contributed by atoms with Crippen LogP contribution in [-0.4, -0.2) is 16.1 Å². The van der Waals surface area contributed by atoms with E-state index in [0.29, 0.717) is 21.6 Å². The van der Waals surface area contributed by atoms with Crippen molar-refractivity contribution in [1.29, 1.82) is 0 Å². The molecule has 0 fully saturated rings. The first-order chi connectivity index (χ1) is 12.1. The average molecular weight is 459 g/mol. The van der Waals surface area contributed by atoms with E-state index in [1.165, 1.54) is 10.6 Å². The number of ether oxygens (including phenoxy) is 1. The molecule has 0 saturated heterocycles. The number of carbonyl (C=O) groups is 1. The molecule has 0 aliphatic rings. The molecule has 0 amide bonds. The maximum atomic E-state index is 12.2. The molecule has 1 heterocycles.